The van der Waals surface area contributed by atoms with Gasteiger partial charge in [-0.3, -0.25) is 0 Å². The van der Waals surface area contributed by atoms with Crippen LogP contribution in [-0.4, -0.2) is 11.9 Å². The summed E-state index contributed by atoms with van der Waals surface area (Å²) < 4.78 is 5.38. The number of hydrogen-bond acceptors (Lipinski definition) is 2. The van der Waals surface area contributed by atoms with Crippen molar-refractivity contribution in [2.75, 3.05) is 6.61 Å². The molecular weight excluding hydrogens is 204 g/mol. The van der Waals surface area contributed by atoms with Crippen LogP contribution in [-0.2, 0) is 10.6 Å². The molecule has 0 bridgehead atoms. The van der Waals surface area contributed by atoms with Gasteiger partial charge in [-0.15, -0.1) is 6.42 Å². The van der Waals surface area contributed by atoms with E-state index in [1.807, 2.05) is 12.1 Å². The summed E-state index contributed by atoms with van der Waals surface area (Å²) in [5.74, 6) is 2.63. The molecule has 1 nitrogen and oxygen atoms in total. The van der Waals surface area contributed by atoms with Crippen molar-refractivity contribution in [3.63, 3.8) is 0 Å². The van der Waals surface area contributed by atoms with Gasteiger partial charge >= 0.3 is 0 Å². The van der Waals surface area contributed by atoms with E-state index in [4.69, 9.17) is 10.6 Å². The van der Waals surface area contributed by atoms with Gasteiger partial charge in [-0.25, -0.2) is 0 Å². The molecule has 0 saturated carbocycles. The van der Waals surface area contributed by atoms with Gasteiger partial charge in [0.25, 0.3) is 0 Å². The molecule has 0 N–H and O–H groups in total. The molecule has 2 rings (SSSR count). The van der Waals surface area contributed by atoms with Crippen LogP contribution in [0.4, 0.5) is 0 Å². The Morgan fingerprint density at radius 1 is 1.40 bits per heavy atom. The number of rotatable bonds is 2. The van der Waals surface area contributed by atoms with Gasteiger partial charge in [0.15, 0.2) is 0 Å². The summed E-state index contributed by atoms with van der Waals surface area (Å²) in [7, 11) is 0. The van der Waals surface area contributed by atoms with E-state index in [-0.39, 0.29) is 0 Å². The van der Waals surface area contributed by atoms with Crippen molar-refractivity contribution >= 4 is 12.0 Å². The lowest BCUT2D eigenvalue weighted by Crippen LogP contribution is -2.13. The Hall–Kier alpha value is -0.910. The molecule has 1 aliphatic rings. The predicted molar refractivity (Wildman–Crippen MR) is 64.6 cm³/mol. The van der Waals surface area contributed by atoms with Crippen LogP contribution in [0.15, 0.2) is 24.3 Å². The van der Waals surface area contributed by atoms with Crippen molar-refractivity contribution in [1.82, 2.24) is 0 Å². The maximum absolute atomic E-state index is 5.38. The van der Waals surface area contributed by atoms with Crippen LogP contribution in [0.3, 0.4) is 0 Å². The molecule has 0 aromatic heterocycles. The summed E-state index contributed by atoms with van der Waals surface area (Å²) in [6, 6.07) is 8.24. The topological polar surface area (TPSA) is 9.23 Å². The van der Waals surface area contributed by atoms with Crippen molar-refractivity contribution in [2.24, 2.45) is 0 Å². The van der Waals surface area contributed by atoms with Crippen LogP contribution in [0.25, 0.3) is 0 Å². The molecule has 0 aliphatic carbocycles. The molecule has 1 aromatic rings. The highest BCUT2D eigenvalue weighted by Gasteiger charge is 2.15. The molecule has 1 atom stereocenters. The Labute approximate surface area is 95.4 Å². The van der Waals surface area contributed by atoms with Gasteiger partial charge in [-0.2, -0.15) is 0 Å². The summed E-state index contributed by atoms with van der Waals surface area (Å²) in [4.78, 5) is 0. The van der Waals surface area contributed by atoms with Crippen molar-refractivity contribution in [2.45, 2.75) is 24.5 Å². The lowest BCUT2D eigenvalue weighted by Gasteiger charge is -2.20. The van der Waals surface area contributed by atoms with Crippen LogP contribution >= 0.6 is 12.0 Å². The van der Waals surface area contributed by atoms with E-state index in [0.717, 1.165) is 18.6 Å². The molecule has 1 saturated heterocycles. The van der Waals surface area contributed by atoms with Crippen LogP contribution < -0.4 is 0 Å². The first-order chi connectivity index (χ1) is 7.38. The lowest BCUT2D eigenvalue weighted by molar-refractivity contribution is 0.330. The van der Waals surface area contributed by atoms with Crippen molar-refractivity contribution < 1.29 is 4.18 Å². The minimum atomic E-state index is 0.607. The highest BCUT2D eigenvalue weighted by atomic mass is 32.2. The Morgan fingerprint density at radius 2 is 2.20 bits per heavy atom. The molecule has 1 unspecified atom stereocenters. The maximum Gasteiger partial charge on any atom is 0.0614 e. The van der Waals surface area contributed by atoms with Gasteiger partial charge in [0, 0.05) is 10.8 Å². The fourth-order valence-corrected chi connectivity index (χ4v) is 2.63. The zero-order valence-corrected chi connectivity index (χ0v) is 9.43. The predicted octanol–water partition coefficient (Wildman–Crippen LogP) is 3.04. The third-order valence-electron chi connectivity index (χ3n) is 2.54. The first-order valence-electron chi connectivity index (χ1n) is 5.22. The average molecular weight is 218 g/mol. The van der Waals surface area contributed by atoms with E-state index < -0.39 is 0 Å². The second-order valence-electron chi connectivity index (χ2n) is 3.73. The fourth-order valence-electron chi connectivity index (χ4n) is 1.70. The SMILES string of the molecule is C#Cc1ccc(CC2CCCOS2)cc1. The van der Waals surface area contributed by atoms with Gasteiger partial charge in [0.05, 0.1) is 6.61 Å². The van der Waals surface area contributed by atoms with Gasteiger partial charge in [0.2, 0.25) is 0 Å². The summed E-state index contributed by atoms with van der Waals surface area (Å²) in [6.07, 6.45) is 8.82. The minimum absolute atomic E-state index is 0.607. The molecule has 1 aromatic carbocycles. The quantitative estimate of drug-likeness (QED) is 0.557. The molecule has 2 heteroatoms. The summed E-state index contributed by atoms with van der Waals surface area (Å²) in [5, 5.41) is 0.607. The average Bonchev–Trinajstić information content (AvgIpc) is 2.31. The molecule has 1 heterocycles. The fraction of sp³-hybridized carbons (Fsp3) is 0.385. The largest absolute Gasteiger partial charge is 0.315 e. The summed E-state index contributed by atoms with van der Waals surface area (Å²) in [5.41, 5.74) is 2.29. The van der Waals surface area contributed by atoms with Gasteiger partial charge in [0.1, 0.15) is 0 Å². The van der Waals surface area contributed by atoms with Crippen LogP contribution in [0, 0.1) is 12.3 Å². The van der Waals surface area contributed by atoms with E-state index in [1.54, 1.807) is 12.0 Å². The van der Waals surface area contributed by atoms with E-state index in [2.05, 4.69) is 18.1 Å². The molecular formula is C13H14OS. The lowest BCUT2D eigenvalue weighted by atomic mass is 10.0. The molecule has 78 valence electrons. The van der Waals surface area contributed by atoms with Gasteiger partial charge < -0.3 is 4.18 Å². The Bertz CT molecular complexity index is 344. The Morgan fingerprint density at radius 3 is 2.80 bits per heavy atom. The monoisotopic (exact) mass is 218 g/mol. The van der Waals surface area contributed by atoms with Crippen molar-refractivity contribution in [3.05, 3.63) is 35.4 Å². The molecule has 0 spiro atoms. The van der Waals surface area contributed by atoms with E-state index in [0.29, 0.717) is 5.25 Å². The molecule has 0 radical (unpaired) electrons. The molecule has 15 heavy (non-hydrogen) atoms. The normalized spacial score (nSPS) is 20.9. The van der Waals surface area contributed by atoms with Crippen molar-refractivity contribution in [3.8, 4) is 12.3 Å². The molecule has 0 amide bonds. The first kappa shape index (κ1) is 10.6. The smallest absolute Gasteiger partial charge is 0.0614 e. The van der Waals surface area contributed by atoms with Crippen molar-refractivity contribution in [1.29, 1.82) is 0 Å². The second-order valence-corrected chi connectivity index (χ2v) is 4.82. The number of hydrogen-bond donors (Lipinski definition) is 0. The minimum Gasteiger partial charge on any atom is -0.315 e. The van der Waals surface area contributed by atoms with Crippen LogP contribution in [0.5, 0.6) is 0 Å². The molecule has 1 fully saturated rings. The summed E-state index contributed by atoms with van der Waals surface area (Å²) in [6.45, 7) is 0.900. The second kappa shape index (κ2) is 5.25. The highest BCUT2D eigenvalue weighted by molar-refractivity contribution is 7.95. The van der Waals surface area contributed by atoms with Gasteiger partial charge in [-0.05, 0) is 49.0 Å². The van der Waals surface area contributed by atoms with E-state index in [1.165, 1.54) is 18.4 Å². The van der Waals surface area contributed by atoms with E-state index in [9.17, 15) is 0 Å². The summed E-state index contributed by atoms with van der Waals surface area (Å²) >= 11 is 1.63. The zero-order valence-electron chi connectivity index (χ0n) is 8.61. The highest BCUT2D eigenvalue weighted by Crippen LogP contribution is 2.26. The Balaban J connectivity index is 1.95. The van der Waals surface area contributed by atoms with E-state index >= 15 is 0 Å². The zero-order chi connectivity index (χ0) is 10.5. The van der Waals surface area contributed by atoms with Crippen LogP contribution in [0.1, 0.15) is 24.0 Å². The van der Waals surface area contributed by atoms with Gasteiger partial charge in [-0.1, -0.05) is 18.1 Å². The first-order valence-corrected chi connectivity index (χ1v) is 6.03. The third-order valence-corrected chi connectivity index (χ3v) is 3.52. The number of terminal acetylenes is 1. The van der Waals surface area contributed by atoms with Crippen LogP contribution in [0.2, 0.25) is 0 Å². The Kier molecular flexibility index (Phi) is 3.71. The maximum atomic E-state index is 5.38. The third kappa shape index (κ3) is 3.02. The number of benzene rings is 1. The standard InChI is InChI=1S/C13H14OS/c1-2-11-5-7-12(8-6-11)10-13-4-3-9-14-15-13/h1,5-8,13H,3-4,9-10H2. The molecule has 1 aliphatic heterocycles.